The number of carbonyl (C=O) groups excluding carboxylic acids is 1. The van der Waals surface area contributed by atoms with Gasteiger partial charge in [-0.3, -0.25) is 4.68 Å². The Labute approximate surface area is 128 Å². The first-order valence-corrected chi connectivity index (χ1v) is 7.84. The molecule has 2 rings (SSSR count). The zero-order valence-corrected chi connectivity index (χ0v) is 14.2. The average molecular weight is 295 g/mol. The SMILES string of the molecule is CC.Cc1cnn(C2CCN(C(=O)OC(C)(C)C)CC2)c1. The first-order valence-electron chi connectivity index (χ1n) is 7.84. The van der Waals surface area contributed by atoms with Crippen LogP contribution in [0.15, 0.2) is 12.4 Å². The molecule has 1 aromatic heterocycles. The lowest BCUT2D eigenvalue weighted by atomic mass is 10.1. The van der Waals surface area contributed by atoms with Gasteiger partial charge in [0.15, 0.2) is 0 Å². The Morgan fingerprint density at radius 3 is 2.29 bits per heavy atom. The molecular weight excluding hydrogens is 266 g/mol. The van der Waals surface area contributed by atoms with Crippen LogP contribution in [-0.2, 0) is 4.74 Å². The van der Waals surface area contributed by atoms with E-state index in [2.05, 4.69) is 11.3 Å². The van der Waals surface area contributed by atoms with Crippen LogP contribution in [0.4, 0.5) is 4.79 Å². The molecule has 21 heavy (non-hydrogen) atoms. The van der Waals surface area contributed by atoms with Crippen LogP contribution in [0.3, 0.4) is 0 Å². The quantitative estimate of drug-likeness (QED) is 0.792. The normalized spacial score (nSPS) is 16.2. The summed E-state index contributed by atoms with van der Waals surface area (Å²) in [7, 11) is 0. The summed E-state index contributed by atoms with van der Waals surface area (Å²) in [5.41, 5.74) is 0.752. The fraction of sp³-hybridized carbons (Fsp3) is 0.750. The third-order valence-corrected chi connectivity index (χ3v) is 3.22. The molecule has 0 atom stereocenters. The predicted octanol–water partition coefficient (Wildman–Crippen LogP) is 3.79. The number of aromatic nitrogens is 2. The maximum absolute atomic E-state index is 11.9. The highest BCUT2D eigenvalue weighted by atomic mass is 16.6. The highest BCUT2D eigenvalue weighted by molar-refractivity contribution is 5.68. The van der Waals surface area contributed by atoms with Crippen LogP contribution in [0.5, 0.6) is 0 Å². The lowest BCUT2D eigenvalue weighted by molar-refractivity contribution is 0.0185. The number of ether oxygens (including phenoxy) is 1. The van der Waals surface area contributed by atoms with E-state index in [1.165, 1.54) is 5.56 Å². The number of hydrogen-bond acceptors (Lipinski definition) is 3. The molecule has 2 heterocycles. The second-order valence-electron chi connectivity index (χ2n) is 6.20. The fourth-order valence-corrected chi connectivity index (χ4v) is 2.27. The fourth-order valence-electron chi connectivity index (χ4n) is 2.27. The standard InChI is InChI=1S/C14H23N3O2.C2H6/c1-11-9-15-17(10-11)12-5-7-16(8-6-12)13(18)19-14(2,3)4;1-2/h9-10,12H,5-8H2,1-4H3;1-2H3. The van der Waals surface area contributed by atoms with Gasteiger partial charge >= 0.3 is 6.09 Å². The molecule has 5 heteroatoms. The van der Waals surface area contributed by atoms with Crippen molar-refractivity contribution < 1.29 is 9.53 Å². The van der Waals surface area contributed by atoms with Crippen molar-refractivity contribution in [1.29, 1.82) is 0 Å². The highest BCUT2D eigenvalue weighted by Crippen LogP contribution is 2.23. The van der Waals surface area contributed by atoms with E-state index >= 15 is 0 Å². The molecule has 0 N–H and O–H groups in total. The van der Waals surface area contributed by atoms with Crippen molar-refractivity contribution >= 4 is 6.09 Å². The minimum absolute atomic E-state index is 0.206. The Kier molecular flexibility index (Phi) is 6.24. The molecule has 1 saturated heterocycles. The van der Waals surface area contributed by atoms with E-state index in [1.807, 2.05) is 52.4 Å². The molecule has 120 valence electrons. The number of hydrogen-bond donors (Lipinski definition) is 0. The molecule has 1 aromatic rings. The van der Waals surface area contributed by atoms with Gasteiger partial charge in [-0.2, -0.15) is 5.10 Å². The van der Waals surface area contributed by atoms with Crippen molar-refractivity contribution in [3.8, 4) is 0 Å². The van der Waals surface area contributed by atoms with E-state index in [1.54, 1.807) is 4.90 Å². The summed E-state index contributed by atoms with van der Waals surface area (Å²) >= 11 is 0. The summed E-state index contributed by atoms with van der Waals surface area (Å²) in [6.45, 7) is 13.2. The molecule has 1 amide bonds. The topological polar surface area (TPSA) is 47.4 Å². The molecule has 1 aliphatic rings. The molecule has 0 bridgehead atoms. The van der Waals surface area contributed by atoms with Crippen LogP contribution in [0.2, 0.25) is 0 Å². The van der Waals surface area contributed by atoms with Crippen molar-refractivity contribution in [3.05, 3.63) is 18.0 Å². The number of nitrogens with zero attached hydrogens (tertiary/aromatic N) is 3. The van der Waals surface area contributed by atoms with Gasteiger partial charge in [-0.1, -0.05) is 13.8 Å². The van der Waals surface area contributed by atoms with Gasteiger partial charge in [-0.25, -0.2) is 4.79 Å². The van der Waals surface area contributed by atoms with Crippen LogP contribution in [0.25, 0.3) is 0 Å². The Balaban J connectivity index is 0.00000106. The first-order chi connectivity index (χ1) is 9.85. The largest absolute Gasteiger partial charge is 0.444 e. The summed E-state index contributed by atoms with van der Waals surface area (Å²) < 4.78 is 7.40. The maximum Gasteiger partial charge on any atom is 0.410 e. The number of rotatable bonds is 1. The van der Waals surface area contributed by atoms with Gasteiger partial charge < -0.3 is 9.64 Å². The molecule has 0 saturated carbocycles. The van der Waals surface area contributed by atoms with Gasteiger partial charge in [0, 0.05) is 19.3 Å². The summed E-state index contributed by atoms with van der Waals surface area (Å²) in [5.74, 6) is 0. The average Bonchev–Trinajstić information content (AvgIpc) is 2.86. The molecular formula is C16H29N3O2. The van der Waals surface area contributed by atoms with Crippen molar-refractivity contribution in [2.45, 2.75) is 66.0 Å². The van der Waals surface area contributed by atoms with Crippen molar-refractivity contribution in [1.82, 2.24) is 14.7 Å². The van der Waals surface area contributed by atoms with Gasteiger partial charge in [0.25, 0.3) is 0 Å². The third-order valence-electron chi connectivity index (χ3n) is 3.22. The Bertz CT molecular complexity index is 441. The lowest BCUT2D eigenvalue weighted by Crippen LogP contribution is -2.42. The monoisotopic (exact) mass is 295 g/mol. The summed E-state index contributed by atoms with van der Waals surface area (Å²) in [5, 5.41) is 4.35. The van der Waals surface area contributed by atoms with Crippen LogP contribution >= 0.6 is 0 Å². The second-order valence-corrected chi connectivity index (χ2v) is 6.20. The summed E-state index contributed by atoms with van der Waals surface area (Å²) in [6, 6.07) is 0.396. The van der Waals surface area contributed by atoms with Crippen LogP contribution < -0.4 is 0 Å². The number of aryl methyl sites for hydroxylation is 1. The minimum atomic E-state index is -0.424. The zero-order chi connectivity index (χ0) is 16.0. The van der Waals surface area contributed by atoms with Crippen LogP contribution in [-0.4, -0.2) is 39.5 Å². The summed E-state index contributed by atoms with van der Waals surface area (Å²) in [6.07, 6.45) is 5.59. The van der Waals surface area contributed by atoms with Gasteiger partial charge in [0.2, 0.25) is 0 Å². The van der Waals surface area contributed by atoms with Crippen molar-refractivity contribution in [3.63, 3.8) is 0 Å². The molecule has 1 fully saturated rings. The highest BCUT2D eigenvalue weighted by Gasteiger charge is 2.27. The third kappa shape index (κ3) is 5.40. The molecule has 0 aliphatic carbocycles. The smallest absolute Gasteiger partial charge is 0.410 e. The van der Waals surface area contributed by atoms with E-state index in [9.17, 15) is 4.79 Å². The van der Waals surface area contributed by atoms with Gasteiger partial charge in [0.1, 0.15) is 5.60 Å². The number of carbonyl (C=O) groups is 1. The number of likely N-dealkylation sites (tertiary alicyclic amines) is 1. The lowest BCUT2D eigenvalue weighted by Gasteiger charge is -2.33. The van der Waals surface area contributed by atoms with Crippen molar-refractivity contribution in [2.24, 2.45) is 0 Å². The predicted molar refractivity (Wildman–Crippen MR) is 84.4 cm³/mol. The Morgan fingerprint density at radius 2 is 1.86 bits per heavy atom. The van der Waals surface area contributed by atoms with E-state index in [0.717, 1.165) is 25.9 Å². The van der Waals surface area contributed by atoms with E-state index in [0.29, 0.717) is 6.04 Å². The number of amides is 1. The minimum Gasteiger partial charge on any atom is -0.444 e. The van der Waals surface area contributed by atoms with E-state index in [4.69, 9.17) is 4.74 Å². The molecule has 0 radical (unpaired) electrons. The molecule has 0 unspecified atom stereocenters. The zero-order valence-electron chi connectivity index (χ0n) is 14.2. The van der Waals surface area contributed by atoms with E-state index in [-0.39, 0.29) is 6.09 Å². The van der Waals surface area contributed by atoms with Gasteiger partial charge in [-0.15, -0.1) is 0 Å². The van der Waals surface area contributed by atoms with E-state index < -0.39 is 5.60 Å². The van der Waals surface area contributed by atoms with Crippen LogP contribution in [0.1, 0.15) is 59.1 Å². The number of piperidine rings is 1. The van der Waals surface area contributed by atoms with Gasteiger partial charge in [0.05, 0.1) is 12.2 Å². The Morgan fingerprint density at radius 1 is 1.29 bits per heavy atom. The van der Waals surface area contributed by atoms with Crippen LogP contribution in [0, 0.1) is 6.92 Å². The van der Waals surface area contributed by atoms with Gasteiger partial charge in [-0.05, 0) is 46.1 Å². The summed E-state index contributed by atoms with van der Waals surface area (Å²) in [4.78, 5) is 13.7. The molecule has 5 nitrogen and oxygen atoms in total. The second kappa shape index (κ2) is 7.48. The molecule has 0 aromatic carbocycles. The maximum atomic E-state index is 11.9. The molecule has 0 spiro atoms. The Hall–Kier alpha value is -1.52. The van der Waals surface area contributed by atoms with Crippen molar-refractivity contribution in [2.75, 3.05) is 13.1 Å². The first kappa shape index (κ1) is 17.5. The molecule has 1 aliphatic heterocycles.